The van der Waals surface area contributed by atoms with Gasteiger partial charge in [0.25, 0.3) is 5.56 Å². The molecule has 0 aliphatic carbocycles. The number of aromatic amines is 1. The number of benzene rings is 2. The Bertz CT molecular complexity index is 1280. The summed E-state index contributed by atoms with van der Waals surface area (Å²) in [5, 5.41) is 21.7. The average molecular weight is 497 g/mol. The lowest BCUT2D eigenvalue weighted by molar-refractivity contribution is 0.452. The second-order valence-corrected chi connectivity index (χ2v) is 7.71. The number of hydrogen-bond donors (Lipinski definition) is 3. The number of halogens is 1. The molecule has 0 amide bonds. The molecule has 0 saturated heterocycles. The van der Waals surface area contributed by atoms with Crippen molar-refractivity contribution in [3.63, 3.8) is 0 Å². The lowest BCUT2D eigenvalue weighted by Gasteiger charge is -2.07. The van der Waals surface area contributed by atoms with Gasteiger partial charge in [0.15, 0.2) is 0 Å². The van der Waals surface area contributed by atoms with Crippen LogP contribution in [0.2, 0.25) is 0 Å². The molecule has 0 radical (unpaired) electrons. The van der Waals surface area contributed by atoms with Gasteiger partial charge in [0.2, 0.25) is 5.88 Å². The van der Waals surface area contributed by atoms with Gasteiger partial charge in [-0.2, -0.15) is 0 Å². The maximum atomic E-state index is 12.1. The van der Waals surface area contributed by atoms with E-state index in [0.29, 0.717) is 22.9 Å². The van der Waals surface area contributed by atoms with E-state index in [4.69, 9.17) is 0 Å². The van der Waals surface area contributed by atoms with Crippen LogP contribution < -0.4 is 5.56 Å². The molecule has 144 valence electrons. The Morgan fingerprint density at radius 3 is 2.59 bits per heavy atom. The Kier molecular flexibility index (Phi) is 5.30. The van der Waals surface area contributed by atoms with Gasteiger partial charge in [-0.1, -0.05) is 12.1 Å². The van der Waals surface area contributed by atoms with Crippen molar-refractivity contribution in [2.24, 2.45) is 4.99 Å². The van der Waals surface area contributed by atoms with Gasteiger partial charge in [-0.15, -0.1) is 0 Å². The number of aromatic hydroxyl groups is 2. The zero-order valence-electron chi connectivity index (χ0n) is 15.1. The number of hydrogen-bond acceptors (Lipinski definition) is 5. The van der Waals surface area contributed by atoms with Crippen LogP contribution in [-0.4, -0.2) is 26.4 Å². The molecular formula is C22H16IN3O3. The molecule has 0 fully saturated rings. The normalized spacial score (nSPS) is 11.3. The van der Waals surface area contributed by atoms with E-state index in [-0.39, 0.29) is 17.2 Å². The average Bonchev–Trinajstić information content (AvgIpc) is 2.71. The molecule has 2 aromatic carbocycles. The van der Waals surface area contributed by atoms with Gasteiger partial charge in [-0.05, 0) is 70.1 Å². The van der Waals surface area contributed by atoms with Gasteiger partial charge in [0.05, 0.1) is 12.1 Å². The standard InChI is InChI=1S/C22H16IN3O3/c23-15-2-4-17-18(10-15)19(22(29)26-21(17)28)12-25-11-13-1-3-16(20(27)9-13)14-5-7-24-8-6-14/h1-10,12,27H,11H2,(H2,26,28,29). The molecule has 7 heteroatoms. The second-order valence-electron chi connectivity index (χ2n) is 6.46. The number of aliphatic imine (C=N–C) groups is 1. The number of fused-ring (bicyclic) bond motifs is 1. The van der Waals surface area contributed by atoms with E-state index in [1.165, 1.54) is 6.21 Å². The summed E-state index contributed by atoms with van der Waals surface area (Å²) < 4.78 is 0.950. The van der Waals surface area contributed by atoms with Crippen molar-refractivity contribution in [2.45, 2.75) is 6.54 Å². The molecule has 4 rings (SSSR count). The molecule has 0 aliphatic rings. The third-order valence-corrected chi connectivity index (χ3v) is 5.22. The Labute approximate surface area is 179 Å². The first kappa shape index (κ1) is 19.1. The third-order valence-electron chi connectivity index (χ3n) is 4.55. The van der Waals surface area contributed by atoms with Crippen molar-refractivity contribution in [1.29, 1.82) is 0 Å². The highest BCUT2D eigenvalue weighted by Gasteiger charge is 2.10. The maximum absolute atomic E-state index is 12.1. The predicted octanol–water partition coefficient (Wildman–Crippen LogP) is 4.23. The maximum Gasteiger partial charge on any atom is 0.258 e. The third kappa shape index (κ3) is 4.00. The van der Waals surface area contributed by atoms with E-state index in [1.54, 1.807) is 24.5 Å². The van der Waals surface area contributed by atoms with Crippen LogP contribution in [0.5, 0.6) is 11.6 Å². The van der Waals surface area contributed by atoms with E-state index in [2.05, 4.69) is 37.6 Å². The van der Waals surface area contributed by atoms with E-state index in [9.17, 15) is 15.0 Å². The molecule has 0 unspecified atom stereocenters. The molecule has 29 heavy (non-hydrogen) atoms. The highest BCUT2D eigenvalue weighted by Crippen LogP contribution is 2.30. The zero-order valence-corrected chi connectivity index (χ0v) is 17.3. The molecule has 4 aromatic rings. The number of pyridine rings is 2. The summed E-state index contributed by atoms with van der Waals surface area (Å²) in [5.74, 6) is -0.0556. The van der Waals surface area contributed by atoms with Gasteiger partial charge in [0.1, 0.15) is 5.75 Å². The van der Waals surface area contributed by atoms with Gasteiger partial charge in [0, 0.05) is 38.5 Å². The fourth-order valence-corrected chi connectivity index (χ4v) is 3.62. The number of phenolic OH excluding ortho intramolecular Hbond substituents is 1. The van der Waals surface area contributed by atoms with Crippen molar-refractivity contribution in [3.8, 4) is 22.8 Å². The second kappa shape index (κ2) is 8.04. The fraction of sp³-hybridized carbons (Fsp3) is 0.0455. The topological polar surface area (TPSA) is 98.6 Å². The van der Waals surface area contributed by atoms with Gasteiger partial charge < -0.3 is 10.2 Å². The number of aromatic nitrogens is 2. The van der Waals surface area contributed by atoms with Gasteiger partial charge >= 0.3 is 0 Å². The smallest absolute Gasteiger partial charge is 0.258 e. The summed E-state index contributed by atoms with van der Waals surface area (Å²) >= 11 is 2.16. The van der Waals surface area contributed by atoms with E-state index < -0.39 is 0 Å². The molecule has 2 aromatic heterocycles. The predicted molar refractivity (Wildman–Crippen MR) is 122 cm³/mol. The van der Waals surface area contributed by atoms with Crippen LogP contribution in [0.15, 0.2) is 70.7 Å². The van der Waals surface area contributed by atoms with Gasteiger partial charge in [-0.25, -0.2) is 0 Å². The number of phenols is 1. The highest BCUT2D eigenvalue weighted by molar-refractivity contribution is 14.1. The first-order chi connectivity index (χ1) is 14.0. The summed E-state index contributed by atoms with van der Waals surface area (Å²) in [4.78, 5) is 22.9. The highest BCUT2D eigenvalue weighted by atomic mass is 127. The largest absolute Gasteiger partial charge is 0.507 e. The first-order valence-corrected chi connectivity index (χ1v) is 9.87. The SMILES string of the molecule is O=c1[nH]c(O)c(C=NCc2ccc(-c3ccncc3)c(O)c2)c2cc(I)ccc12. The van der Waals surface area contributed by atoms with Crippen LogP contribution in [0.4, 0.5) is 0 Å². The Balaban J connectivity index is 1.62. The van der Waals surface area contributed by atoms with Crippen LogP contribution in [0.3, 0.4) is 0 Å². The van der Waals surface area contributed by atoms with Crippen LogP contribution in [0.25, 0.3) is 21.9 Å². The molecule has 0 atom stereocenters. The van der Waals surface area contributed by atoms with Crippen molar-refractivity contribution in [2.75, 3.05) is 0 Å². The quantitative estimate of drug-likeness (QED) is 0.291. The van der Waals surface area contributed by atoms with Crippen molar-refractivity contribution in [1.82, 2.24) is 9.97 Å². The minimum Gasteiger partial charge on any atom is -0.507 e. The van der Waals surface area contributed by atoms with Crippen LogP contribution in [0, 0.1) is 3.57 Å². The van der Waals surface area contributed by atoms with Crippen LogP contribution >= 0.6 is 22.6 Å². The summed E-state index contributed by atoms with van der Waals surface area (Å²) in [6.45, 7) is 0.314. The molecule has 0 spiro atoms. The van der Waals surface area contributed by atoms with Crippen molar-refractivity contribution < 1.29 is 10.2 Å². The Morgan fingerprint density at radius 1 is 1.03 bits per heavy atom. The monoisotopic (exact) mass is 497 g/mol. The lowest BCUT2D eigenvalue weighted by Crippen LogP contribution is -2.08. The Hall–Kier alpha value is -3.20. The first-order valence-electron chi connectivity index (χ1n) is 8.79. The molecular weight excluding hydrogens is 481 g/mol. The van der Waals surface area contributed by atoms with Gasteiger partial charge in [-0.3, -0.25) is 19.8 Å². The van der Waals surface area contributed by atoms with E-state index in [1.807, 2.05) is 36.4 Å². The van der Waals surface area contributed by atoms with E-state index >= 15 is 0 Å². The summed E-state index contributed by atoms with van der Waals surface area (Å²) in [7, 11) is 0. The summed E-state index contributed by atoms with van der Waals surface area (Å²) in [6.07, 6.45) is 4.89. The van der Waals surface area contributed by atoms with Crippen LogP contribution in [0.1, 0.15) is 11.1 Å². The molecule has 0 bridgehead atoms. The molecule has 3 N–H and O–H groups in total. The van der Waals surface area contributed by atoms with Crippen molar-refractivity contribution in [3.05, 3.63) is 86.0 Å². The summed E-state index contributed by atoms with van der Waals surface area (Å²) in [6, 6.07) is 14.5. The Morgan fingerprint density at radius 2 is 1.83 bits per heavy atom. The molecule has 0 saturated carbocycles. The molecule has 2 heterocycles. The molecule has 0 aliphatic heterocycles. The summed E-state index contributed by atoms with van der Waals surface area (Å²) in [5.41, 5.74) is 2.53. The molecule has 6 nitrogen and oxygen atoms in total. The zero-order chi connectivity index (χ0) is 20.4. The fourth-order valence-electron chi connectivity index (χ4n) is 3.13. The lowest BCUT2D eigenvalue weighted by atomic mass is 10.0. The number of H-pyrrole nitrogens is 1. The number of nitrogens with zero attached hydrogens (tertiary/aromatic N) is 2. The van der Waals surface area contributed by atoms with Crippen molar-refractivity contribution >= 4 is 39.6 Å². The minimum atomic E-state index is -0.345. The number of rotatable bonds is 4. The van der Waals surface area contributed by atoms with Crippen LogP contribution in [-0.2, 0) is 6.54 Å². The minimum absolute atomic E-state index is 0.163. The van der Waals surface area contributed by atoms with E-state index in [0.717, 1.165) is 20.3 Å². The number of nitrogens with one attached hydrogen (secondary N) is 1.